The number of carbonyl (C=O) groups is 2. The van der Waals surface area contributed by atoms with Crippen molar-refractivity contribution in [3.8, 4) is 11.5 Å². The Morgan fingerprint density at radius 1 is 1.07 bits per heavy atom. The van der Waals surface area contributed by atoms with Crippen LogP contribution in [0.15, 0.2) is 4.52 Å². The van der Waals surface area contributed by atoms with Gasteiger partial charge in [-0.05, 0) is 50.5 Å². The molecule has 2 aromatic heterocycles. The highest BCUT2D eigenvalue weighted by Gasteiger charge is 2.37. The lowest BCUT2D eigenvalue weighted by Crippen LogP contribution is -2.36. The number of carboxylic acid groups (broad SMARTS) is 1. The number of hydrogen-bond donors (Lipinski definition) is 2. The third-order valence-corrected chi connectivity index (χ3v) is 7.38. The summed E-state index contributed by atoms with van der Waals surface area (Å²) in [6, 6.07) is 0. The summed E-state index contributed by atoms with van der Waals surface area (Å²) >= 11 is 1.57. The maximum Gasteiger partial charge on any atom is 0.307 e. The SMILES string of the molecule is O=C(O)C1CCCCC1C(=O)Nc1sc2c(c1-c1nc(C3CC3)no1)CCC2. The van der Waals surface area contributed by atoms with E-state index >= 15 is 0 Å². The molecule has 0 saturated heterocycles. The molecule has 2 saturated carbocycles. The van der Waals surface area contributed by atoms with Crippen LogP contribution in [-0.2, 0) is 22.4 Å². The number of nitrogens with zero attached hydrogens (tertiary/aromatic N) is 2. The van der Waals surface area contributed by atoms with Gasteiger partial charge in [0.1, 0.15) is 5.00 Å². The van der Waals surface area contributed by atoms with E-state index in [-0.39, 0.29) is 5.91 Å². The van der Waals surface area contributed by atoms with Crippen molar-refractivity contribution >= 4 is 28.2 Å². The number of rotatable bonds is 5. The van der Waals surface area contributed by atoms with Crippen LogP contribution in [-0.4, -0.2) is 27.1 Å². The van der Waals surface area contributed by atoms with E-state index in [0.717, 1.165) is 61.3 Å². The predicted molar refractivity (Wildman–Crippen MR) is 103 cm³/mol. The van der Waals surface area contributed by atoms with E-state index in [2.05, 4.69) is 15.5 Å². The number of nitrogens with one attached hydrogen (secondary N) is 1. The molecule has 2 unspecified atom stereocenters. The van der Waals surface area contributed by atoms with Crippen LogP contribution in [0.3, 0.4) is 0 Å². The summed E-state index contributed by atoms with van der Waals surface area (Å²) < 4.78 is 5.56. The van der Waals surface area contributed by atoms with Crippen molar-refractivity contribution in [1.29, 1.82) is 0 Å². The summed E-state index contributed by atoms with van der Waals surface area (Å²) in [6.45, 7) is 0. The van der Waals surface area contributed by atoms with E-state index in [1.165, 1.54) is 10.4 Å². The number of hydrogen-bond acceptors (Lipinski definition) is 6. The Bertz CT molecular complexity index is 930. The summed E-state index contributed by atoms with van der Waals surface area (Å²) in [5, 5.41) is 17.4. The average molecular weight is 401 g/mol. The summed E-state index contributed by atoms with van der Waals surface area (Å²) in [4.78, 5) is 30.4. The summed E-state index contributed by atoms with van der Waals surface area (Å²) in [7, 11) is 0. The van der Waals surface area contributed by atoms with E-state index in [4.69, 9.17) is 4.52 Å². The molecule has 2 heterocycles. The van der Waals surface area contributed by atoms with Gasteiger partial charge in [0.15, 0.2) is 5.82 Å². The standard InChI is InChI=1S/C20H23N3O4S/c24-17(11-4-1-2-5-12(11)20(25)26)22-19-15(13-6-3-7-14(13)28-19)18-21-16(23-27-18)10-8-9-10/h10-12H,1-9H2,(H,22,24)(H,25,26). The number of anilines is 1. The van der Waals surface area contributed by atoms with Crippen LogP contribution in [0.2, 0.25) is 0 Å². The zero-order chi connectivity index (χ0) is 19.3. The average Bonchev–Trinajstić information content (AvgIpc) is 3.10. The molecular formula is C20H23N3O4S. The van der Waals surface area contributed by atoms with Crippen LogP contribution in [0.25, 0.3) is 11.5 Å². The molecule has 1 amide bonds. The number of fused-ring (bicyclic) bond motifs is 1. The Labute approximate surface area is 166 Å². The monoisotopic (exact) mass is 401 g/mol. The molecule has 0 radical (unpaired) electrons. The van der Waals surface area contributed by atoms with Crippen LogP contribution in [0.5, 0.6) is 0 Å². The second-order valence-corrected chi connectivity index (χ2v) is 9.22. The maximum atomic E-state index is 13.0. The molecule has 2 aromatic rings. The molecule has 0 aromatic carbocycles. The third-order valence-electron chi connectivity index (χ3n) is 6.18. The molecule has 148 valence electrons. The normalized spacial score (nSPS) is 24.1. The molecule has 3 aliphatic carbocycles. The molecule has 0 spiro atoms. The fraction of sp³-hybridized carbons (Fsp3) is 0.600. The summed E-state index contributed by atoms with van der Waals surface area (Å²) in [6.07, 6.45) is 8.18. The number of aromatic nitrogens is 2. The van der Waals surface area contributed by atoms with E-state index in [9.17, 15) is 14.7 Å². The molecule has 5 rings (SSSR count). The summed E-state index contributed by atoms with van der Waals surface area (Å²) in [5.74, 6) is -0.524. The molecule has 0 aliphatic heterocycles. The van der Waals surface area contributed by atoms with E-state index in [1.54, 1.807) is 11.3 Å². The second kappa shape index (κ2) is 6.99. The molecule has 8 heteroatoms. The van der Waals surface area contributed by atoms with Crippen LogP contribution >= 0.6 is 11.3 Å². The Balaban J connectivity index is 1.45. The second-order valence-electron chi connectivity index (χ2n) is 8.12. The Kier molecular flexibility index (Phi) is 4.45. The minimum atomic E-state index is -0.875. The largest absolute Gasteiger partial charge is 0.481 e. The van der Waals surface area contributed by atoms with Gasteiger partial charge >= 0.3 is 5.97 Å². The van der Waals surface area contributed by atoms with E-state index in [1.807, 2.05) is 0 Å². The first-order valence-electron chi connectivity index (χ1n) is 10.1. The quantitative estimate of drug-likeness (QED) is 0.785. The molecule has 28 heavy (non-hydrogen) atoms. The lowest BCUT2D eigenvalue weighted by molar-refractivity contribution is -0.147. The maximum absolute atomic E-state index is 13.0. The van der Waals surface area contributed by atoms with Crippen molar-refractivity contribution in [2.24, 2.45) is 11.8 Å². The van der Waals surface area contributed by atoms with Crippen molar-refractivity contribution in [2.45, 2.75) is 63.7 Å². The van der Waals surface area contributed by atoms with Gasteiger partial charge in [-0.3, -0.25) is 9.59 Å². The number of carbonyl (C=O) groups excluding carboxylic acids is 1. The zero-order valence-electron chi connectivity index (χ0n) is 15.6. The lowest BCUT2D eigenvalue weighted by Gasteiger charge is -2.27. The minimum Gasteiger partial charge on any atom is -0.481 e. The first-order chi connectivity index (χ1) is 13.6. The van der Waals surface area contributed by atoms with Gasteiger partial charge < -0.3 is 14.9 Å². The smallest absolute Gasteiger partial charge is 0.307 e. The van der Waals surface area contributed by atoms with Gasteiger partial charge in [-0.25, -0.2) is 0 Å². The fourth-order valence-corrected chi connectivity index (χ4v) is 5.79. The highest BCUT2D eigenvalue weighted by Crippen LogP contribution is 2.46. The molecule has 2 fully saturated rings. The Hall–Kier alpha value is -2.22. The first kappa shape index (κ1) is 17.8. The van der Waals surface area contributed by atoms with E-state index < -0.39 is 17.8 Å². The van der Waals surface area contributed by atoms with Crippen LogP contribution in [0.1, 0.15) is 67.1 Å². The molecule has 7 nitrogen and oxygen atoms in total. The van der Waals surface area contributed by atoms with Gasteiger partial charge in [0.2, 0.25) is 5.91 Å². The van der Waals surface area contributed by atoms with Crippen molar-refractivity contribution < 1.29 is 19.2 Å². The van der Waals surface area contributed by atoms with E-state index in [0.29, 0.717) is 24.7 Å². The topological polar surface area (TPSA) is 105 Å². The molecule has 2 N–H and O–H groups in total. The number of aliphatic carboxylic acids is 1. The van der Waals surface area contributed by atoms with Gasteiger partial charge in [0, 0.05) is 10.8 Å². The van der Waals surface area contributed by atoms with Crippen LogP contribution in [0, 0.1) is 11.8 Å². The van der Waals surface area contributed by atoms with Gasteiger partial charge in [0.05, 0.1) is 17.4 Å². The van der Waals surface area contributed by atoms with Crippen molar-refractivity contribution in [1.82, 2.24) is 10.1 Å². The highest BCUT2D eigenvalue weighted by molar-refractivity contribution is 7.17. The molecule has 2 atom stereocenters. The third kappa shape index (κ3) is 3.13. The van der Waals surface area contributed by atoms with Gasteiger partial charge in [-0.2, -0.15) is 4.98 Å². The zero-order valence-corrected chi connectivity index (χ0v) is 16.4. The fourth-order valence-electron chi connectivity index (χ4n) is 4.51. The number of carboxylic acids is 1. The predicted octanol–water partition coefficient (Wildman–Crippen LogP) is 3.99. The van der Waals surface area contributed by atoms with Crippen molar-refractivity contribution in [3.05, 3.63) is 16.3 Å². The lowest BCUT2D eigenvalue weighted by atomic mass is 9.79. The van der Waals surface area contributed by atoms with Gasteiger partial charge in [-0.1, -0.05) is 18.0 Å². The molecule has 0 bridgehead atoms. The molecular weight excluding hydrogens is 378 g/mol. The van der Waals surface area contributed by atoms with Gasteiger partial charge in [-0.15, -0.1) is 11.3 Å². The molecule has 3 aliphatic rings. The van der Waals surface area contributed by atoms with Gasteiger partial charge in [0.25, 0.3) is 5.89 Å². The van der Waals surface area contributed by atoms with Crippen LogP contribution < -0.4 is 5.32 Å². The van der Waals surface area contributed by atoms with Crippen molar-refractivity contribution in [2.75, 3.05) is 5.32 Å². The first-order valence-corrected chi connectivity index (χ1v) is 11.0. The number of thiophene rings is 1. The van der Waals surface area contributed by atoms with Crippen molar-refractivity contribution in [3.63, 3.8) is 0 Å². The minimum absolute atomic E-state index is 0.199. The Morgan fingerprint density at radius 3 is 2.61 bits per heavy atom. The van der Waals surface area contributed by atoms with Crippen LogP contribution in [0.4, 0.5) is 5.00 Å². The number of amides is 1. The highest BCUT2D eigenvalue weighted by atomic mass is 32.1. The Morgan fingerprint density at radius 2 is 1.86 bits per heavy atom. The summed E-state index contributed by atoms with van der Waals surface area (Å²) in [5.41, 5.74) is 2.05. The number of aryl methyl sites for hydroxylation is 1.